The van der Waals surface area contributed by atoms with Gasteiger partial charge in [0.1, 0.15) is 5.82 Å². The first kappa shape index (κ1) is 13.8. The number of aromatic nitrogens is 7. The van der Waals surface area contributed by atoms with Gasteiger partial charge >= 0.3 is 0 Å². The van der Waals surface area contributed by atoms with E-state index in [1.165, 1.54) is 12.8 Å². The maximum Gasteiger partial charge on any atom is 0.165 e. The normalized spacial score (nSPS) is 19.2. The monoisotopic (exact) mass is 325 g/mol. The highest BCUT2D eigenvalue weighted by Gasteiger charge is 2.29. The third kappa shape index (κ3) is 2.50. The number of imidazole rings is 1. The van der Waals surface area contributed by atoms with E-state index >= 15 is 0 Å². The van der Waals surface area contributed by atoms with Crippen LogP contribution in [0.4, 0.5) is 5.82 Å². The molecule has 5 rings (SSSR count). The van der Waals surface area contributed by atoms with Gasteiger partial charge in [0.2, 0.25) is 0 Å². The maximum atomic E-state index is 4.63. The number of hydrogen-bond acceptors (Lipinski definition) is 7. The molecule has 1 saturated heterocycles. The summed E-state index contributed by atoms with van der Waals surface area (Å²) in [6.45, 7) is 4.71. The third-order valence-corrected chi connectivity index (χ3v) is 4.76. The Morgan fingerprint density at radius 2 is 1.96 bits per heavy atom. The van der Waals surface area contributed by atoms with E-state index in [2.05, 4.69) is 35.4 Å². The van der Waals surface area contributed by atoms with Crippen LogP contribution in [0, 0.1) is 0 Å². The van der Waals surface area contributed by atoms with Crippen LogP contribution < -0.4 is 4.90 Å². The Balaban J connectivity index is 1.24. The van der Waals surface area contributed by atoms with Crippen molar-refractivity contribution in [1.82, 2.24) is 39.7 Å². The van der Waals surface area contributed by atoms with Crippen LogP contribution in [0.25, 0.3) is 5.65 Å². The quantitative estimate of drug-likeness (QED) is 0.685. The van der Waals surface area contributed by atoms with Gasteiger partial charge in [-0.05, 0) is 35.4 Å². The summed E-state index contributed by atoms with van der Waals surface area (Å²) in [6, 6.07) is 4.59. The molecule has 1 aliphatic carbocycles. The summed E-state index contributed by atoms with van der Waals surface area (Å²) >= 11 is 0. The smallest absolute Gasteiger partial charge is 0.165 e. The average molecular weight is 325 g/mol. The minimum atomic E-state index is 0.530. The third-order valence-electron chi connectivity index (χ3n) is 4.76. The number of rotatable bonds is 4. The van der Waals surface area contributed by atoms with Crippen molar-refractivity contribution in [2.45, 2.75) is 25.4 Å². The molecular formula is C15H19N9. The van der Waals surface area contributed by atoms with Crippen molar-refractivity contribution in [2.24, 2.45) is 0 Å². The highest BCUT2D eigenvalue weighted by atomic mass is 15.6. The van der Waals surface area contributed by atoms with Crippen LogP contribution in [0.5, 0.6) is 0 Å². The molecule has 3 aromatic heterocycles. The second-order valence-corrected chi connectivity index (χ2v) is 6.46. The Kier molecular flexibility index (Phi) is 3.18. The van der Waals surface area contributed by atoms with E-state index in [1.54, 1.807) is 6.20 Å². The molecule has 2 aliphatic rings. The van der Waals surface area contributed by atoms with E-state index in [1.807, 2.05) is 27.5 Å². The molecule has 9 nitrogen and oxygen atoms in total. The second kappa shape index (κ2) is 5.52. The van der Waals surface area contributed by atoms with Crippen LogP contribution in [-0.4, -0.2) is 65.9 Å². The lowest BCUT2D eigenvalue weighted by molar-refractivity contribution is 0.238. The first-order valence-electron chi connectivity index (χ1n) is 8.41. The number of hydrogen-bond donors (Lipinski definition) is 0. The van der Waals surface area contributed by atoms with Crippen LogP contribution >= 0.6 is 0 Å². The van der Waals surface area contributed by atoms with Gasteiger partial charge in [-0.3, -0.25) is 4.90 Å². The fourth-order valence-corrected chi connectivity index (χ4v) is 3.23. The standard InChI is InChI=1S/C15H19N9/c1-2-12(1)24-15(17-19-20-24)11-21-7-9-22(10-8-21)14-4-3-13-16-5-6-23(13)18-14/h3-6,12H,1-2,7-11H2. The lowest BCUT2D eigenvalue weighted by Gasteiger charge is -2.34. The molecule has 0 N–H and O–H groups in total. The van der Waals surface area contributed by atoms with Crippen molar-refractivity contribution >= 4 is 11.5 Å². The van der Waals surface area contributed by atoms with E-state index in [9.17, 15) is 0 Å². The molecule has 1 saturated carbocycles. The SMILES string of the molecule is c1cn2nc(N3CCN(Cc4nnnn4C4CC4)CC3)ccc2n1. The summed E-state index contributed by atoms with van der Waals surface area (Å²) in [5.74, 6) is 1.99. The first-order valence-corrected chi connectivity index (χ1v) is 8.41. The van der Waals surface area contributed by atoms with E-state index in [-0.39, 0.29) is 0 Å². The molecule has 0 amide bonds. The van der Waals surface area contributed by atoms with Gasteiger partial charge in [0.15, 0.2) is 11.5 Å². The summed E-state index contributed by atoms with van der Waals surface area (Å²) in [7, 11) is 0. The highest BCUT2D eigenvalue weighted by molar-refractivity contribution is 5.46. The van der Waals surface area contributed by atoms with Gasteiger partial charge in [0.05, 0.1) is 12.6 Å². The Morgan fingerprint density at radius 1 is 1.08 bits per heavy atom. The summed E-state index contributed by atoms with van der Waals surface area (Å²) in [5.41, 5.74) is 0.879. The van der Waals surface area contributed by atoms with Crippen molar-refractivity contribution in [3.05, 3.63) is 30.4 Å². The minimum absolute atomic E-state index is 0.530. The molecule has 4 heterocycles. The van der Waals surface area contributed by atoms with Gasteiger partial charge < -0.3 is 4.90 Å². The lowest BCUT2D eigenvalue weighted by Crippen LogP contribution is -2.46. The van der Waals surface area contributed by atoms with Crippen molar-refractivity contribution in [3.8, 4) is 0 Å². The van der Waals surface area contributed by atoms with E-state index in [4.69, 9.17) is 0 Å². The van der Waals surface area contributed by atoms with Gasteiger partial charge in [-0.15, -0.1) is 10.2 Å². The number of fused-ring (bicyclic) bond motifs is 1. The molecule has 0 spiro atoms. The van der Waals surface area contributed by atoms with E-state index in [0.29, 0.717) is 6.04 Å². The number of tetrazole rings is 1. The number of piperazine rings is 1. The van der Waals surface area contributed by atoms with Crippen LogP contribution in [0.3, 0.4) is 0 Å². The summed E-state index contributed by atoms with van der Waals surface area (Å²) in [4.78, 5) is 8.97. The van der Waals surface area contributed by atoms with E-state index < -0.39 is 0 Å². The Labute approximate surface area is 138 Å². The topological polar surface area (TPSA) is 80.3 Å². The molecular weight excluding hydrogens is 306 g/mol. The van der Waals surface area contributed by atoms with Crippen molar-refractivity contribution in [1.29, 1.82) is 0 Å². The Morgan fingerprint density at radius 3 is 2.79 bits per heavy atom. The van der Waals surface area contributed by atoms with E-state index in [0.717, 1.165) is 50.0 Å². The molecule has 0 bridgehead atoms. The number of anilines is 1. The fourth-order valence-electron chi connectivity index (χ4n) is 3.23. The molecule has 1 aliphatic heterocycles. The van der Waals surface area contributed by atoms with Crippen molar-refractivity contribution in [2.75, 3.05) is 31.1 Å². The Hall–Kier alpha value is -2.55. The molecule has 0 atom stereocenters. The predicted molar refractivity (Wildman–Crippen MR) is 86.6 cm³/mol. The van der Waals surface area contributed by atoms with Crippen molar-refractivity contribution in [3.63, 3.8) is 0 Å². The molecule has 124 valence electrons. The van der Waals surface area contributed by atoms with Gasteiger partial charge in [-0.1, -0.05) is 0 Å². The van der Waals surface area contributed by atoms with Crippen LogP contribution in [0.2, 0.25) is 0 Å². The van der Waals surface area contributed by atoms with Gasteiger partial charge in [0, 0.05) is 38.6 Å². The minimum Gasteiger partial charge on any atom is -0.353 e. The fraction of sp³-hybridized carbons (Fsp3) is 0.533. The predicted octanol–water partition coefficient (Wildman–Crippen LogP) is 0.373. The highest BCUT2D eigenvalue weighted by Crippen LogP contribution is 2.34. The zero-order chi connectivity index (χ0) is 15.9. The molecule has 2 fully saturated rings. The van der Waals surface area contributed by atoms with Crippen LogP contribution in [0.1, 0.15) is 24.7 Å². The second-order valence-electron chi connectivity index (χ2n) is 6.46. The van der Waals surface area contributed by atoms with Crippen LogP contribution in [-0.2, 0) is 6.54 Å². The zero-order valence-electron chi connectivity index (χ0n) is 13.4. The summed E-state index contributed by atoms with van der Waals surface area (Å²) < 4.78 is 3.83. The summed E-state index contributed by atoms with van der Waals surface area (Å²) in [6.07, 6.45) is 6.06. The largest absolute Gasteiger partial charge is 0.353 e. The average Bonchev–Trinajstić information content (AvgIpc) is 3.17. The maximum absolute atomic E-state index is 4.63. The molecule has 24 heavy (non-hydrogen) atoms. The van der Waals surface area contributed by atoms with Gasteiger partial charge in [-0.25, -0.2) is 14.2 Å². The lowest BCUT2D eigenvalue weighted by atomic mass is 10.3. The Bertz CT molecular complexity index is 841. The van der Waals surface area contributed by atoms with Gasteiger partial charge in [0.25, 0.3) is 0 Å². The summed E-state index contributed by atoms with van der Waals surface area (Å²) in [5, 5.41) is 16.8. The molecule has 9 heteroatoms. The van der Waals surface area contributed by atoms with Crippen LogP contribution in [0.15, 0.2) is 24.5 Å². The molecule has 0 aromatic carbocycles. The zero-order valence-corrected chi connectivity index (χ0v) is 13.4. The molecule has 3 aromatic rings. The number of nitrogens with zero attached hydrogens (tertiary/aromatic N) is 9. The van der Waals surface area contributed by atoms with Crippen molar-refractivity contribution < 1.29 is 0 Å². The van der Waals surface area contributed by atoms with Gasteiger partial charge in [-0.2, -0.15) is 0 Å². The first-order chi connectivity index (χ1) is 11.9. The molecule has 0 radical (unpaired) electrons. The molecule has 0 unspecified atom stereocenters.